The molecule has 4 nitrogen and oxygen atoms in total. The van der Waals surface area contributed by atoms with E-state index >= 15 is 0 Å². The van der Waals surface area contributed by atoms with Crippen LogP contribution < -0.4 is 11.1 Å². The van der Waals surface area contributed by atoms with Crippen LogP contribution >= 0.6 is 11.6 Å². The van der Waals surface area contributed by atoms with Gasteiger partial charge in [0.25, 0.3) is 5.91 Å². The van der Waals surface area contributed by atoms with Gasteiger partial charge in [-0.25, -0.2) is 0 Å². The normalized spacial score (nSPS) is 14.2. The molecule has 3 N–H and O–H groups in total. The molecule has 21 heavy (non-hydrogen) atoms. The van der Waals surface area contributed by atoms with Crippen LogP contribution in [-0.2, 0) is 13.1 Å². The minimum atomic E-state index is -0.0864. The average molecular weight is 304 g/mol. The van der Waals surface area contributed by atoms with E-state index in [-0.39, 0.29) is 5.91 Å². The van der Waals surface area contributed by atoms with Gasteiger partial charge in [0.15, 0.2) is 0 Å². The Kier molecular flexibility index (Phi) is 3.99. The second-order valence-corrected chi connectivity index (χ2v) is 5.82. The quantitative estimate of drug-likeness (QED) is 0.892. The third-order valence-electron chi connectivity index (χ3n) is 3.70. The largest absolute Gasteiger partial charge is 0.347 e. The number of benzene rings is 1. The molecule has 3 rings (SSSR count). The fourth-order valence-corrected chi connectivity index (χ4v) is 2.56. The first-order chi connectivity index (χ1) is 10.2. The van der Waals surface area contributed by atoms with Gasteiger partial charge >= 0.3 is 0 Å². The van der Waals surface area contributed by atoms with Crippen LogP contribution in [-0.4, -0.2) is 10.5 Å². The Morgan fingerprint density at radius 3 is 2.57 bits per heavy atom. The first-order valence-corrected chi connectivity index (χ1v) is 7.48. The third-order valence-corrected chi connectivity index (χ3v) is 3.91. The van der Waals surface area contributed by atoms with E-state index in [0.29, 0.717) is 29.8 Å². The highest BCUT2D eigenvalue weighted by atomic mass is 35.5. The van der Waals surface area contributed by atoms with Crippen molar-refractivity contribution in [2.24, 2.45) is 5.73 Å². The number of carbonyl (C=O) groups excluding carboxylic acids is 1. The number of amides is 1. The van der Waals surface area contributed by atoms with Crippen LogP contribution in [0.15, 0.2) is 36.5 Å². The van der Waals surface area contributed by atoms with Crippen LogP contribution in [0.4, 0.5) is 0 Å². The Morgan fingerprint density at radius 2 is 1.95 bits per heavy atom. The van der Waals surface area contributed by atoms with Crippen molar-refractivity contribution in [2.45, 2.75) is 32.0 Å². The average Bonchev–Trinajstić information content (AvgIpc) is 3.27. The zero-order chi connectivity index (χ0) is 14.8. The second-order valence-electron chi connectivity index (χ2n) is 5.39. The lowest BCUT2D eigenvalue weighted by Crippen LogP contribution is -2.25. The summed E-state index contributed by atoms with van der Waals surface area (Å²) in [5.74, 6) is -0.0864. The van der Waals surface area contributed by atoms with E-state index in [9.17, 15) is 4.79 Å². The van der Waals surface area contributed by atoms with Crippen molar-refractivity contribution in [2.75, 3.05) is 0 Å². The minimum Gasteiger partial charge on any atom is -0.347 e. The topological polar surface area (TPSA) is 60.0 Å². The van der Waals surface area contributed by atoms with Gasteiger partial charge in [-0.1, -0.05) is 35.9 Å². The lowest BCUT2D eigenvalue weighted by Gasteiger charge is -2.09. The van der Waals surface area contributed by atoms with Crippen LogP contribution in [0.1, 0.15) is 40.5 Å². The smallest absolute Gasteiger partial charge is 0.268 e. The van der Waals surface area contributed by atoms with Gasteiger partial charge in [-0.05, 0) is 30.0 Å². The second kappa shape index (κ2) is 5.92. The maximum atomic E-state index is 12.3. The summed E-state index contributed by atoms with van der Waals surface area (Å²) in [7, 11) is 0. The summed E-state index contributed by atoms with van der Waals surface area (Å²) >= 11 is 6.02. The maximum Gasteiger partial charge on any atom is 0.268 e. The Balaban J connectivity index is 1.65. The van der Waals surface area contributed by atoms with Gasteiger partial charge in [-0.2, -0.15) is 0 Å². The van der Waals surface area contributed by atoms with Crippen molar-refractivity contribution in [1.29, 1.82) is 0 Å². The molecule has 5 heteroatoms. The third kappa shape index (κ3) is 3.28. The van der Waals surface area contributed by atoms with Gasteiger partial charge in [0.1, 0.15) is 5.69 Å². The molecule has 2 aromatic rings. The molecular formula is C16H18ClN3O. The molecule has 1 amide bonds. The summed E-state index contributed by atoms with van der Waals surface area (Å²) in [6.45, 7) is 1.02. The van der Waals surface area contributed by atoms with Crippen molar-refractivity contribution in [3.05, 3.63) is 58.4 Å². The molecule has 0 unspecified atom stereocenters. The highest BCUT2D eigenvalue weighted by Crippen LogP contribution is 2.37. The molecule has 0 atom stereocenters. The molecule has 1 aromatic heterocycles. The molecule has 0 radical (unpaired) electrons. The molecular weight excluding hydrogens is 286 g/mol. The van der Waals surface area contributed by atoms with Gasteiger partial charge in [0, 0.05) is 25.3 Å². The summed E-state index contributed by atoms with van der Waals surface area (Å²) in [6.07, 6.45) is 4.07. The predicted octanol–water partition coefficient (Wildman–Crippen LogP) is 2.87. The number of nitrogens with one attached hydrogen (secondary N) is 1. The zero-order valence-corrected chi connectivity index (χ0v) is 12.4. The lowest BCUT2D eigenvalue weighted by atomic mass is 10.1. The molecule has 110 valence electrons. The Bertz CT molecular complexity index is 644. The Morgan fingerprint density at radius 1 is 1.29 bits per heavy atom. The van der Waals surface area contributed by atoms with Gasteiger partial charge in [0.2, 0.25) is 0 Å². The number of hydrogen-bond acceptors (Lipinski definition) is 2. The van der Waals surface area contributed by atoms with Crippen molar-refractivity contribution in [3.8, 4) is 0 Å². The number of carbonyl (C=O) groups is 1. The molecule has 1 aliphatic carbocycles. The molecule has 0 bridgehead atoms. The molecule has 0 spiro atoms. The fourth-order valence-electron chi connectivity index (χ4n) is 2.35. The number of nitrogens with zero attached hydrogens (tertiary/aromatic N) is 1. The Hall–Kier alpha value is -1.78. The van der Waals surface area contributed by atoms with Crippen molar-refractivity contribution in [3.63, 3.8) is 0 Å². The van der Waals surface area contributed by atoms with Gasteiger partial charge in [-0.15, -0.1) is 0 Å². The van der Waals surface area contributed by atoms with Crippen LogP contribution in [0.25, 0.3) is 0 Å². The summed E-state index contributed by atoms with van der Waals surface area (Å²) in [5, 5.41) is 3.55. The predicted molar refractivity (Wildman–Crippen MR) is 83.2 cm³/mol. The minimum absolute atomic E-state index is 0.0864. The van der Waals surface area contributed by atoms with E-state index < -0.39 is 0 Å². The van der Waals surface area contributed by atoms with Crippen molar-refractivity contribution in [1.82, 2.24) is 9.88 Å². The maximum absolute atomic E-state index is 12.3. The fraction of sp³-hybridized carbons (Fsp3) is 0.312. The molecule has 1 saturated carbocycles. The Labute approximate surface area is 128 Å². The molecule has 0 saturated heterocycles. The van der Waals surface area contributed by atoms with E-state index in [1.54, 1.807) is 6.07 Å². The zero-order valence-electron chi connectivity index (χ0n) is 11.7. The standard InChI is InChI=1S/C16H18ClN3O/c17-13-7-15(20(10-13)14-5-6-14)16(21)19-9-12-3-1-11(8-18)2-4-12/h1-4,7,10,14H,5-6,8-9,18H2,(H,19,21). The number of halogens is 1. The van der Waals surface area contributed by atoms with E-state index in [4.69, 9.17) is 17.3 Å². The summed E-state index contributed by atoms with van der Waals surface area (Å²) in [6, 6.07) is 10.1. The number of hydrogen-bond donors (Lipinski definition) is 2. The molecule has 0 aliphatic heterocycles. The number of aromatic nitrogens is 1. The van der Waals surface area contributed by atoms with Gasteiger partial charge in [-0.3, -0.25) is 4.79 Å². The molecule has 1 fully saturated rings. The monoisotopic (exact) mass is 303 g/mol. The van der Waals surface area contributed by atoms with Crippen LogP contribution in [0.3, 0.4) is 0 Å². The summed E-state index contributed by atoms with van der Waals surface area (Å²) in [5.41, 5.74) is 8.34. The SMILES string of the molecule is NCc1ccc(CNC(=O)c2cc(Cl)cn2C2CC2)cc1. The molecule has 1 aromatic carbocycles. The van der Waals surface area contributed by atoms with Crippen LogP contribution in [0.2, 0.25) is 5.02 Å². The van der Waals surface area contributed by atoms with Crippen molar-refractivity contribution < 1.29 is 4.79 Å². The first-order valence-electron chi connectivity index (χ1n) is 7.11. The van der Waals surface area contributed by atoms with Gasteiger partial charge < -0.3 is 15.6 Å². The van der Waals surface area contributed by atoms with E-state index in [2.05, 4.69) is 5.32 Å². The first kappa shape index (κ1) is 14.2. The molecule has 1 aliphatic rings. The lowest BCUT2D eigenvalue weighted by molar-refractivity contribution is 0.0941. The highest BCUT2D eigenvalue weighted by molar-refractivity contribution is 6.31. The highest BCUT2D eigenvalue weighted by Gasteiger charge is 2.27. The number of nitrogens with two attached hydrogens (primary N) is 1. The van der Waals surface area contributed by atoms with Crippen LogP contribution in [0.5, 0.6) is 0 Å². The van der Waals surface area contributed by atoms with E-state index in [1.807, 2.05) is 35.0 Å². The van der Waals surface area contributed by atoms with E-state index in [0.717, 1.165) is 24.0 Å². The van der Waals surface area contributed by atoms with Crippen molar-refractivity contribution >= 4 is 17.5 Å². The summed E-state index contributed by atoms with van der Waals surface area (Å²) in [4.78, 5) is 12.3. The molecule has 1 heterocycles. The van der Waals surface area contributed by atoms with E-state index in [1.165, 1.54) is 0 Å². The number of rotatable bonds is 5. The van der Waals surface area contributed by atoms with Crippen LogP contribution in [0, 0.1) is 0 Å². The summed E-state index contributed by atoms with van der Waals surface area (Å²) < 4.78 is 1.98. The van der Waals surface area contributed by atoms with Gasteiger partial charge in [0.05, 0.1) is 5.02 Å².